The van der Waals surface area contributed by atoms with Crippen LogP contribution in [0.15, 0.2) is 48.4 Å². The third kappa shape index (κ3) is 2.34. The normalized spacial score (nSPS) is 20.1. The summed E-state index contributed by atoms with van der Waals surface area (Å²) in [5, 5.41) is 3.06. The van der Waals surface area contributed by atoms with Crippen LogP contribution in [0.25, 0.3) is 5.57 Å². The average molecular weight is 293 g/mol. The Morgan fingerprint density at radius 1 is 1.32 bits per heavy atom. The van der Waals surface area contributed by atoms with Gasteiger partial charge in [-0.15, -0.1) is 0 Å². The van der Waals surface area contributed by atoms with Gasteiger partial charge in [-0.2, -0.15) is 0 Å². The molecule has 0 aliphatic heterocycles. The molecule has 2 aliphatic rings. The van der Waals surface area contributed by atoms with Gasteiger partial charge < -0.3 is 9.88 Å². The molecule has 4 heteroatoms. The molecular weight excluding hydrogens is 274 g/mol. The molecule has 1 N–H and O–H groups in total. The van der Waals surface area contributed by atoms with Gasteiger partial charge in [0.15, 0.2) is 0 Å². The smallest absolute Gasteiger partial charge is 0.232 e. The second-order valence-electron chi connectivity index (χ2n) is 6.14. The van der Waals surface area contributed by atoms with Crippen molar-refractivity contribution in [3.63, 3.8) is 0 Å². The van der Waals surface area contributed by atoms with Gasteiger partial charge in [0.1, 0.15) is 0 Å². The number of rotatable bonds is 5. The van der Waals surface area contributed by atoms with E-state index >= 15 is 0 Å². The summed E-state index contributed by atoms with van der Waals surface area (Å²) in [4.78, 5) is 16.6. The van der Waals surface area contributed by atoms with Gasteiger partial charge in [-0.05, 0) is 30.9 Å². The Hall–Kier alpha value is -2.36. The summed E-state index contributed by atoms with van der Waals surface area (Å²) < 4.78 is 2.19. The van der Waals surface area contributed by atoms with E-state index in [0.717, 1.165) is 11.3 Å². The maximum Gasteiger partial charge on any atom is 0.232 e. The van der Waals surface area contributed by atoms with E-state index in [2.05, 4.69) is 27.0 Å². The first-order valence-electron chi connectivity index (χ1n) is 7.80. The minimum absolute atomic E-state index is 0.0558. The summed E-state index contributed by atoms with van der Waals surface area (Å²) in [6.45, 7) is 2.60. The Bertz CT molecular complexity index is 741. The van der Waals surface area contributed by atoms with Crippen LogP contribution in [0.1, 0.15) is 37.1 Å². The quantitative estimate of drug-likeness (QED) is 0.921. The zero-order valence-electron chi connectivity index (χ0n) is 12.6. The molecule has 0 bridgehead atoms. The molecule has 0 unspecified atom stereocenters. The summed E-state index contributed by atoms with van der Waals surface area (Å²) in [5.74, 6) is 0.0413. The van der Waals surface area contributed by atoms with Gasteiger partial charge in [-0.1, -0.05) is 35.9 Å². The van der Waals surface area contributed by atoms with Crippen LogP contribution in [-0.2, 0) is 11.3 Å². The number of aromatic nitrogens is 2. The summed E-state index contributed by atoms with van der Waals surface area (Å²) in [6.07, 6.45) is 6.16. The zero-order valence-corrected chi connectivity index (χ0v) is 12.6. The number of carbonyl (C=O) groups excluding carboxylic acids is 1. The lowest BCUT2D eigenvalue weighted by atomic mass is 10.1. The Morgan fingerprint density at radius 2 is 2.09 bits per heavy atom. The van der Waals surface area contributed by atoms with Crippen molar-refractivity contribution < 1.29 is 4.79 Å². The van der Waals surface area contributed by atoms with E-state index in [1.807, 2.05) is 37.6 Å². The van der Waals surface area contributed by atoms with Gasteiger partial charge in [-0.25, -0.2) is 4.98 Å². The molecule has 1 aromatic carbocycles. The lowest BCUT2D eigenvalue weighted by Crippen LogP contribution is -2.26. The topological polar surface area (TPSA) is 46.9 Å². The van der Waals surface area contributed by atoms with Gasteiger partial charge in [-0.3, -0.25) is 4.79 Å². The van der Waals surface area contributed by atoms with Crippen molar-refractivity contribution in [3.05, 3.63) is 59.7 Å². The Morgan fingerprint density at radius 3 is 2.82 bits per heavy atom. The van der Waals surface area contributed by atoms with Crippen LogP contribution in [0.5, 0.6) is 0 Å². The summed E-state index contributed by atoms with van der Waals surface area (Å²) in [7, 11) is 0. The molecule has 0 saturated heterocycles. The standard InChI is InChI=1S/C18H19N3O/c1-12-16(13-5-3-2-4-6-13)17(12)18(22)20-10-15-9-19-11-21(15)14-7-8-14/h2-6,9,11,14,17H,7-8,10H2,1H3,(H,20,22)/t17-/m1/s1. The fourth-order valence-electron chi connectivity index (χ4n) is 3.10. The molecule has 1 amide bonds. The first-order valence-corrected chi connectivity index (χ1v) is 7.80. The molecule has 112 valence electrons. The second kappa shape index (κ2) is 5.13. The minimum Gasteiger partial charge on any atom is -0.350 e. The van der Waals surface area contributed by atoms with Crippen molar-refractivity contribution in [1.29, 1.82) is 0 Å². The van der Waals surface area contributed by atoms with Crippen molar-refractivity contribution in [2.24, 2.45) is 5.92 Å². The highest BCUT2D eigenvalue weighted by Gasteiger charge is 2.39. The zero-order chi connectivity index (χ0) is 15.1. The number of carbonyl (C=O) groups is 1. The van der Waals surface area contributed by atoms with Crippen LogP contribution in [0, 0.1) is 5.92 Å². The number of imidazole rings is 1. The third-order valence-corrected chi connectivity index (χ3v) is 4.54. The van der Waals surface area contributed by atoms with Gasteiger partial charge in [0.2, 0.25) is 5.91 Å². The lowest BCUT2D eigenvalue weighted by Gasteiger charge is -2.08. The second-order valence-corrected chi connectivity index (χ2v) is 6.14. The lowest BCUT2D eigenvalue weighted by molar-refractivity contribution is -0.121. The molecule has 1 atom stereocenters. The predicted octanol–water partition coefficient (Wildman–Crippen LogP) is 2.94. The molecule has 4 nitrogen and oxygen atoms in total. The minimum atomic E-state index is -0.0558. The van der Waals surface area contributed by atoms with Crippen LogP contribution < -0.4 is 5.32 Å². The number of nitrogens with zero attached hydrogens (tertiary/aromatic N) is 2. The molecule has 4 rings (SSSR count). The fourth-order valence-corrected chi connectivity index (χ4v) is 3.10. The van der Waals surface area contributed by atoms with Gasteiger partial charge >= 0.3 is 0 Å². The van der Waals surface area contributed by atoms with Crippen LogP contribution in [0.3, 0.4) is 0 Å². The Labute approximate surface area is 129 Å². The van der Waals surface area contributed by atoms with Gasteiger partial charge in [0.05, 0.1) is 24.5 Å². The maximum atomic E-state index is 12.4. The molecule has 2 aromatic rings. The molecular formula is C18H19N3O. The maximum absolute atomic E-state index is 12.4. The van der Waals surface area contributed by atoms with Crippen LogP contribution in [0.4, 0.5) is 0 Å². The fraction of sp³-hybridized carbons (Fsp3) is 0.333. The number of hydrogen-bond acceptors (Lipinski definition) is 2. The van der Waals surface area contributed by atoms with Crippen molar-refractivity contribution in [3.8, 4) is 0 Å². The Kier molecular flexibility index (Phi) is 3.10. The molecule has 1 heterocycles. The first kappa shape index (κ1) is 13.3. The van der Waals surface area contributed by atoms with E-state index in [1.165, 1.54) is 24.0 Å². The number of benzene rings is 1. The first-order chi connectivity index (χ1) is 10.8. The molecule has 22 heavy (non-hydrogen) atoms. The van der Waals surface area contributed by atoms with E-state index in [9.17, 15) is 4.79 Å². The van der Waals surface area contributed by atoms with E-state index in [1.54, 1.807) is 0 Å². The largest absolute Gasteiger partial charge is 0.350 e. The summed E-state index contributed by atoms with van der Waals surface area (Å²) in [6, 6.07) is 10.7. The van der Waals surface area contributed by atoms with Crippen molar-refractivity contribution >= 4 is 11.5 Å². The molecule has 1 aromatic heterocycles. The predicted molar refractivity (Wildman–Crippen MR) is 84.9 cm³/mol. The highest BCUT2D eigenvalue weighted by Crippen LogP contribution is 2.46. The molecule has 2 aliphatic carbocycles. The van der Waals surface area contributed by atoms with Crippen molar-refractivity contribution in [2.75, 3.05) is 0 Å². The van der Waals surface area contributed by atoms with Crippen LogP contribution in [-0.4, -0.2) is 15.5 Å². The summed E-state index contributed by atoms with van der Waals surface area (Å²) >= 11 is 0. The molecule has 1 saturated carbocycles. The summed E-state index contributed by atoms with van der Waals surface area (Å²) in [5.41, 5.74) is 4.60. The van der Waals surface area contributed by atoms with E-state index in [-0.39, 0.29) is 11.8 Å². The average Bonchev–Trinajstić information content (AvgIpc) is 3.45. The van der Waals surface area contributed by atoms with E-state index < -0.39 is 0 Å². The molecule has 0 spiro atoms. The van der Waals surface area contributed by atoms with Crippen LogP contribution in [0.2, 0.25) is 0 Å². The van der Waals surface area contributed by atoms with Gasteiger partial charge in [0.25, 0.3) is 0 Å². The van der Waals surface area contributed by atoms with Crippen molar-refractivity contribution in [1.82, 2.24) is 14.9 Å². The number of nitrogens with one attached hydrogen (secondary N) is 1. The Balaban J connectivity index is 1.39. The number of hydrogen-bond donors (Lipinski definition) is 1. The highest BCUT2D eigenvalue weighted by molar-refractivity contribution is 6.05. The SMILES string of the molecule is CC1=C(c2ccccc2)[C@@H]1C(=O)NCc1cncn1C1CC1. The monoisotopic (exact) mass is 293 g/mol. The highest BCUT2D eigenvalue weighted by atomic mass is 16.2. The van der Waals surface area contributed by atoms with E-state index in [4.69, 9.17) is 0 Å². The molecule has 0 radical (unpaired) electrons. The van der Waals surface area contributed by atoms with Crippen LogP contribution >= 0.6 is 0 Å². The third-order valence-electron chi connectivity index (χ3n) is 4.54. The molecule has 1 fully saturated rings. The van der Waals surface area contributed by atoms with E-state index in [0.29, 0.717) is 12.6 Å². The van der Waals surface area contributed by atoms with Gasteiger partial charge in [0, 0.05) is 12.2 Å². The number of amides is 1. The van der Waals surface area contributed by atoms with Crippen molar-refractivity contribution in [2.45, 2.75) is 32.4 Å².